The number of benzene rings is 1. The summed E-state index contributed by atoms with van der Waals surface area (Å²) in [4.78, 5) is 11.7. The standard InChI is InChI=1S/C14H20NO3/c1-15(7-9-17-10-8-15)12-18-14(16)11-13-5-3-2-4-6-13/h2-6H,7-12H2,1H3/q+1. The number of likely N-dealkylation sites (N-methyl/N-ethyl adjacent to an activating group) is 1. The molecule has 1 aliphatic heterocycles. The maximum absolute atomic E-state index is 11.7. The Hall–Kier alpha value is -1.39. The van der Waals surface area contributed by atoms with Gasteiger partial charge in [-0.1, -0.05) is 30.3 Å². The summed E-state index contributed by atoms with van der Waals surface area (Å²) in [6.45, 7) is 3.73. The second-order valence-electron chi connectivity index (χ2n) is 4.99. The molecule has 1 heterocycles. The predicted molar refractivity (Wildman–Crippen MR) is 67.8 cm³/mol. The van der Waals surface area contributed by atoms with E-state index in [1.165, 1.54) is 0 Å². The second kappa shape index (κ2) is 5.98. The fraction of sp³-hybridized carbons (Fsp3) is 0.500. The third-order valence-electron chi connectivity index (χ3n) is 3.28. The van der Waals surface area contributed by atoms with E-state index in [1.54, 1.807) is 0 Å². The molecular weight excluding hydrogens is 230 g/mol. The molecule has 1 saturated heterocycles. The highest BCUT2D eigenvalue weighted by atomic mass is 16.5. The number of nitrogens with zero attached hydrogens (tertiary/aromatic N) is 1. The number of morpholine rings is 1. The number of rotatable bonds is 4. The monoisotopic (exact) mass is 250 g/mol. The highest BCUT2D eigenvalue weighted by Crippen LogP contribution is 2.08. The topological polar surface area (TPSA) is 35.5 Å². The van der Waals surface area contributed by atoms with Crippen LogP contribution in [0.5, 0.6) is 0 Å². The first-order chi connectivity index (χ1) is 8.68. The summed E-state index contributed by atoms with van der Waals surface area (Å²) in [5, 5.41) is 0. The van der Waals surface area contributed by atoms with Crippen molar-refractivity contribution in [3.8, 4) is 0 Å². The van der Waals surface area contributed by atoms with Gasteiger partial charge in [-0.15, -0.1) is 0 Å². The zero-order valence-electron chi connectivity index (χ0n) is 10.8. The molecule has 98 valence electrons. The Balaban J connectivity index is 1.78. The minimum Gasteiger partial charge on any atom is -0.415 e. The molecule has 0 radical (unpaired) electrons. The lowest BCUT2D eigenvalue weighted by Crippen LogP contribution is -2.53. The molecule has 1 aliphatic rings. The maximum atomic E-state index is 11.7. The van der Waals surface area contributed by atoms with Gasteiger partial charge in [-0.2, -0.15) is 0 Å². The van der Waals surface area contributed by atoms with Gasteiger partial charge in [-0.25, -0.2) is 0 Å². The van der Waals surface area contributed by atoms with E-state index in [2.05, 4.69) is 7.05 Å². The summed E-state index contributed by atoms with van der Waals surface area (Å²) in [7, 11) is 2.10. The van der Waals surface area contributed by atoms with E-state index in [0.29, 0.717) is 13.2 Å². The van der Waals surface area contributed by atoms with Gasteiger partial charge in [0.1, 0.15) is 13.1 Å². The van der Waals surface area contributed by atoms with Gasteiger partial charge in [0.15, 0.2) is 0 Å². The maximum Gasteiger partial charge on any atom is 0.314 e. The van der Waals surface area contributed by atoms with E-state index in [1.807, 2.05) is 30.3 Å². The van der Waals surface area contributed by atoms with Gasteiger partial charge in [-0.3, -0.25) is 9.28 Å². The van der Waals surface area contributed by atoms with E-state index < -0.39 is 0 Å². The fourth-order valence-electron chi connectivity index (χ4n) is 1.95. The summed E-state index contributed by atoms with van der Waals surface area (Å²) >= 11 is 0. The Kier molecular flexibility index (Phi) is 4.33. The first-order valence-corrected chi connectivity index (χ1v) is 6.29. The molecule has 0 aromatic heterocycles. The average molecular weight is 250 g/mol. The molecule has 0 saturated carbocycles. The zero-order chi connectivity index (χ0) is 12.8. The number of quaternary nitrogens is 1. The van der Waals surface area contributed by atoms with Crippen molar-refractivity contribution in [2.45, 2.75) is 6.42 Å². The van der Waals surface area contributed by atoms with Gasteiger partial charge < -0.3 is 9.47 Å². The van der Waals surface area contributed by atoms with Gasteiger partial charge in [0.05, 0.1) is 26.7 Å². The highest BCUT2D eigenvalue weighted by Gasteiger charge is 2.26. The van der Waals surface area contributed by atoms with Gasteiger partial charge in [0.25, 0.3) is 0 Å². The molecule has 0 bridgehead atoms. The lowest BCUT2D eigenvalue weighted by molar-refractivity contribution is -0.932. The molecule has 2 rings (SSSR count). The largest absolute Gasteiger partial charge is 0.415 e. The molecule has 4 heteroatoms. The van der Waals surface area contributed by atoms with Crippen molar-refractivity contribution in [1.82, 2.24) is 0 Å². The lowest BCUT2D eigenvalue weighted by Gasteiger charge is -2.36. The third kappa shape index (κ3) is 3.82. The number of ether oxygens (including phenoxy) is 2. The average Bonchev–Trinajstić information content (AvgIpc) is 2.39. The molecule has 0 N–H and O–H groups in total. The Morgan fingerprint density at radius 3 is 2.61 bits per heavy atom. The van der Waals surface area contributed by atoms with Crippen molar-refractivity contribution in [3.05, 3.63) is 35.9 Å². The molecule has 0 atom stereocenters. The SMILES string of the molecule is C[N+]1(COC(=O)Cc2ccccc2)CCOCC1. The summed E-state index contributed by atoms with van der Waals surface area (Å²) in [6.07, 6.45) is 0.345. The van der Waals surface area contributed by atoms with Crippen LogP contribution in [0.3, 0.4) is 0 Å². The van der Waals surface area contributed by atoms with Crippen LogP contribution >= 0.6 is 0 Å². The molecule has 0 spiro atoms. The van der Waals surface area contributed by atoms with Crippen molar-refractivity contribution in [2.24, 2.45) is 0 Å². The van der Waals surface area contributed by atoms with Crippen LogP contribution in [0.1, 0.15) is 5.56 Å². The summed E-state index contributed by atoms with van der Waals surface area (Å²) < 4.78 is 11.4. The number of hydrogen-bond donors (Lipinski definition) is 0. The normalized spacial score (nSPS) is 18.3. The molecule has 4 nitrogen and oxygen atoms in total. The van der Waals surface area contributed by atoms with Gasteiger partial charge in [-0.05, 0) is 5.56 Å². The van der Waals surface area contributed by atoms with Crippen LogP contribution in [-0.4, -0.2) is 50.5 Å². The molecular formula is C14H20NO3+. The Labute approximate surface area is 108 Å². The summed E-state index contributed by atoms with van der Waals surface area (Å²) in [5.41, 5.74) is 0.993. The summed E-state index contributed by atoms with van der Waals surface area (Å²) in [5.74, 6) is -0.160. The van der Waals surface area contributed by atoms with Crippen molar-refractivity contribution < 1.29 is 18.8 Å². The Morgan fingerprint density at radius 1 is 1.28 bits per heavy atom. The lowest BCUT2D eigenvalue weighted by atomic mass is 10.2. The fourth-order valence-corrected chi connectivity index (χ4v) is 1.95. The van der Waals surface area contributed by atoms with Crippen LogP contribution < -0.4 is 0 Å². The number of hydrogen-bond acceptors (Lipinski definition) is 3. The van der Waals surface area contributed by atoms with E-state index in [0.717, 1.165) is 36.3 Å². The van der Waals surface area contributed by atoms with Crippen molar-refractivity contribution in [3.63, 3.8) is 0 Å². The minimum atomic E-state index is -0.160. The Morgan fingerprint density at radius 2 is 1.94 bits per heavy atom. The van der Waals surface area contributed by atoms with Crippen LogP contribution in [0.2, 0.25) is 0 Å². The number of carbonyl (C=O) groups excluding carboxylic acids is 1. The molecule has 0 amide bonds. The van der Waals surface area contributed by atoms with E-state index in [9.17, 15) is 4.79 Å². The van der Waals surface area contributed by atoms with Gasteiger partial charge in [0.2, 0.25) is 6.73 Å². The quantitative estimate of drug-likeness (QED) is 0.595. The van der Waals surface area contributed by atoms with Crippen LogP contribution in [0.4, 0.5) is 0 Å². The highest BCUT2D eigenvalue weighted by molar-refractivity contribution is 5.72. The van der Waals surface area contributed by atoms with E-state index in [-0.39, 0.29) is 5.97 Å². The van der Waals surface area contributed by atoms with Crippen molar-refractivity contribution in [2.75, 3.05) is 40.1 Å². The number of carbonyl (C=O) groups is 1. The first kappa shape index (κ1) is 13.1. The zero-order valence-corrected chi connectivity index (χ0v) is 10.8. The molecule has 1 fully saturated rings. The smallest absolute Gasteiger partial charge is 0.314 e. The molecule has 18 heavy (non-hydrogen) atoms. The second-order valence-corrected chi connectivity index (χ2v) is 4.99. The van der Waals surface area contributed by atoms with Crippen LogP contribution in [0.15, 0.2) is 30.3 Å². The predicted octanol–water partition coefficient (Wildman–Crippen LogP) is 1.21. The molecule has 1 aromatic rings. The molecule has 1 aromatic carbocycles. The van der Waals surface area contributed by atoms with Gasteiger partial charge in [0, 0.05) is 0 Å². The molecule has 0 unspecified atom stereocenters. The van der Waals surface area contributed by atoms with E-state index >= 15 is 0 Å². The van der Waals surface area contributed by atoms with Crippen molar-refractivity contribution >= 4 is 5.97 Å². The van der Waals surface area contributed by atoms with Crippen LogP contribution in [0, 0.1) is 0 Å². The minimum absolute atomic E-state index is 0.160. The first-order valence-electron chi connectivity index (χ1n) is 6.29. The van der Waals surface area contributed by atoms with Gasteiger partial charge >= 0.3 is 5.97 Å². The Bertz CT molecular complexity index is 385. The number of esters is 1. The van der Waals surface area contributed by atoms with Crippen molar-refractivity contribution in [1.29, 1.82) is 0 Å². The third-order valence-corrected chi connectivity index (χ3v) is 3.28. The summed E-state index contributed by atoms with van der Waals surface area (Å²) in [6, 6.07) is 9.67. The van der Waals surface area contributed by atoms with E-state index in [4.69, 9.17) is 9.47 Å². The molecule has 0 aliphatic carbocycles. The van der Waals surface area contributed by atoms with Crippen LogP contribution in [0.25, 0.3) is 0 Å². The van der Waals surface area contributed by atoms with Crippen LogP contribution in [-0.2, 0) is 20.7 Å².